The van der Waals surface area contributed by atoms with E-state index in [9.17, 15) is 22.8 Å². The number of nitrogens with zero attached hydrogens (tertiary/aromatic N) is 3. The van der Waals surface area contributed by atoms with Gasteiger partial charge in [-0.1, -0.05) is 18.2 Å². The highest BCUT2D eigenvalue weighted by atomic mass is 32.2. The molecule has 2 fully saturated rings. The van der Waals surface area contributed by atoms with Crippen LogP contribution in [0.1, 0.15) is 19.3 Å². The number of hydrogen-bond donors (Lipinski definition) is 2. The van der Waals surface area contributed by atoms with E-state index in [1.807, 2.05) is 30.3 Å². The lowest BCUT2D eigenvalue weighted by Crippen LogP contribution is -2.44. The van der Waals surface area contributed by atoms with Crippen LogP contribution in [-0.2, 0) is 24.4 Å². The van der Waals surface area contributed by atoms with Crippen molar-refractivity contribution in [2.45, 2.75) is 24.2 Å². The van der Waals surface area contributed by atoms with Gasteiger partial charge in [0.15, 0.2) is 5.13 Å². The average molecular weight is 554 g/mol. The standard InChI is InChI=1S/C26H27N5O5S2/c32-23-16-19(17-31(23)21-4-2-1-3-5-21)25(34)30-13-10-18(11-14-30)24(33)28-20-6-8-22(9-7-20)38(35,36)29-26-27-12-15-37-26/h1-9,12,15,18-19H,10-11,13-14,16-17H2,(H,27,29)(H,28,33). The summed E-state index contributed by atoms with van der Waals surface area (Å²) in [6.07, 6.45) is 2.74. The van der Waals surface area contributed by atoms with Crippen molar-refractivity contribution in [3.8, 4) is 0 Å². The number of para-hydroxylation sites is 1. The van der Waals surface area contributed by atoms with E-state index in [-0.39, 0.29) is 46.0 Å². The molecule has 38 heavy (non-hydrogen) atoms. The van der Waals surface area contributed by atoms with Gasteiger partial charge in [-0.15, -0.1) is 11.3 Å². The highest BCUT2D eigenvalue weighted by molar-refractivity contribution is 7.93. The summed E-state index contributed by atoms with van der Waals surface area (Å²) in [6.45, 7) is 1.27. The Balaban J connectivity index is 1.12. The van der Waals surface area contributed by atoms with E-state index < -0.39 is 10.0 Å². The molecule has 5 rings (SSSR count). The number of carbonyl (C=O) groups is 3. The van der Waals surface area contributed by atoms with Crippen LogP contribution in [0.25, 0.3) is 0 Å². The lowest BCUT2D eigenvalue weighted by Gasteiger charge is -2.33. The molecule has 3 heterocycles. The molecule has 3 aromatic rings. The van der Waals surface area contributed by atoms with Gasteiger partial charge in [-0.2, -0.15) is 0 Å². The SMILES string of the molecule is O=C(Nc1ccc(S(=O)(=O)Nc2nccs2)cc1)C1CCN(C(=O)C2CC(=O)N(c3ccccc3)C2)CC1. The van der Waals surface area contributed by atoms with Crippen LogP contribution in [0.2, 0.25) is 0 Å². The summed E-state index contributed by atoms with van der Waals surface area (Å²) in [4.78, 5) is 45.8. The van der Waals surface area contributed by atoms with E-state index in [1.54, 1.807) is 27.3 Å². The first-order valence-electron chi connectivity index (χ1n) is 12.3. The van der Waals surface area contributed by atoms with E-state index in [0.29, 0.717) is 38.2 Å². The highest BCUT2D eigenvalue weighted by Crippen LogP contribution is 2.28. The Bertz CT molecular complexity index is 1400. The number of hydrogen-bond acceptors (Lipinski definition) is 7. The number of piperidine rings is 1. The van der Waals surface area contributed by atoms with Crippen LogP contribution in [0.4, 0.5) is 16.5 Å². The normalized spacial score (nSPS) is 18.4. The minimum absolute atomic E-state index is 0.0428. The highest BCUT2D eigenvalue weighted by Gasteiger charge is 2.38. The number of sulfonamides is 1. The van der Waals surface area contributed by atoms with Gasteiger partial charge in [0.1, 0.15) is 0 Å². The second-order valence-electron chi connectivity index (χ2n) is 9.30. The van der Waals surface area contributed by atoms with Gasteiger partial charge in [0.2, 0.25) is 17.7 Å². The van der Waals surface area contributed by atoms with E-state index >= 15 is 0 Å². The first-order valence-corrected chi connectivity index (χ1v) is 14.6. The van der Waals surface area contributed by atoms with Gasteiger partial charge in [0, 0.05) is 54.9 Å². The number of carbonyl (C=O) groups excluding carboxylic acids is 3. The first kappa shape index (κ1) is 25.9. The number of thiazole rings is 1. The Morgan fingerprint density at radius 2 is 1.68 bits per heavy atom. The molecule has 0 spiro atoms. The van der Waals surface area contributed by atoms with Crippen molar-refractivity contribution in [3.05, 3.63) is 66.2 Å². The third-order valence-corrected chi connectivity index (χ3v) is 8.98. The van der Waals surface area contributed by atoms with Crippen LogP contribution >= 0.6 is 11.3 Å². The van der Waals surface area contributed by atoms with Crippen LogP contribution in [0.15, 0.2) is 71.1 Å². The van der Waals surface area contributed by atoms with Gasteiger partial charge in [-0.3, -0.25) is 19.1 Å². The molecule has 2 aliphatic heterocycles. The fourth-order valence-corrected chi connectivity index (χ4v) is 6.55. The Hall–Kier alpha value is -3.77. The van der Waals surface area contributed by atoms with E-state index in [2.05, 4.69) is 15.0 Å². The topological polar surface area (TPSA) is 129 Å². The molecular formula is C26H27N5O5S2. The molecule has 3 amide bonds. The summed E-state index contributed by atoms with van der Waals surface area (Å²) in [5.41, 5.74) is 1.29. The second-order valence-corrected chi connectivity index (χ2v) is 11.9. The molecule has 2 aliphatic rings. The summed E-state index contributed by atoms with van der Waals surface area (Å²) in [6, 6.07) is 15.3. The zero-order valence-electron chi connectivity index (χ0n) is 20.4. The van der Waals surface area contributed by atoms with Crippen molar-refractivity contribution in [1.29, 1.82) is 0 Å². The Morgan fingerprint density at radius 1 is 0.974 bits per heavy atom. The van der Waals surface area contributed by atoms with Gasteiger partial charge in [0.05, 0.1) is 10.8 Å². The lowest BCUT2D eigenvalue weighted by molar-refractivity contribution is -0.138. The molecule has 0 saturated carbocycles. The Morgan fingerprint density at radius 3 is 2.34 bits per heavy atom. The molecule has 2 aromatic carbocycles. The molecule has 1 aromatic heterocycles. The number of anilines is 3. The lowest BCUT2D eigenvalue weighted by atomic mass is 9.94. The first-order chi connectivity index (χ1) is 18.3. The second kappa shape index (κ2) is 10.9. The van der Waals surface area contributed by atoms with Crippen LogP contribution in [0.5, 0.6) is 0 Å². The number of amides is 3. The maximum Gasteiger partial charge on any atom is 0.263 e. The molecule has 1 atom stereocenters. The van der Waals surface area contributed by atoms with E-state index in [0.717, 1.165) is 5.69 Å². The molecule has 198 valence electrons. The van der Waals surface area contributed by atoms with Crippen molar-refractivity contribution in [3.63, 3.8) is 0 Å². The van der Waals surface area contributed by atoms with Crippen LogP contribution in [-0.4, -0.2) is 55.7 Å². The molecule has 12 heteroatoms. The molecule has 0 aliphatic carbocycles. The predicted molar refractivity (Wildman–Crippen MR) is 144 cm³/mol. The van der Waals surface area contributed by atoms with Crippen molar-refractivity contribution in [2.75, 3.05) is 34.6 Å². The smallest absolute Gasteiger partial charge is 0.263 e. The third kappa shape index (κ3) is 5.70. The maximum absolute atomic E-state index is 13.1. The number of benzene rings is 2. The molecule has 0 bridgehead atoms. The van der Waals surface area contributed by atoms with Gasteiger partial charge in [-0.05, 0) is 49.2 Å². The van der Waals surface area contributed by atoms with E-state index in [4.69, 9.17) is 0 Å². The number of likely N-dealkylation sites (tertiary alicyclic amines) is 1. The minimum Gasteiger partial charge on any atom is -0.342 e. The third-order valence-electron chi connectivity index (χ3n) is 6.81. The monoisotopic (exact) mass is 553 g/mol. The van der Waals surface area contributed by atoms with Gasteiger partial charge >= 0.3 is 0 Å². The summed E-state index contributed by atoms with van der Waals surface area (Å²) >= 11 is 1.18. The summed E-state index contributed by atoms with van der Waals surface area (Å²) < 4.78 is 27.4. The minimum atomic E-state index is -3.77. The Labute approximate surface area is 224 Å². The number of rotatable bonds is 7. The van der Waals surface area contributed by atoms with Crippen LogP contribution in [0, 0.1) is 11.8 Å². The molecule has 10 nitrogen and oxygen atoms in total. The fraction of sp³-hybridized carbons (Fsp3) is 0.308. The summed E-state index contributed by atoms with van der Waals surface area (Å²) in [5.74, 6) is -0.909. The maximum atomic E-state index is 13.1. The summed E-state index contributed by atoms with van der Waals surface area (Å²) in [7, 11) is -3.77. The molecular weight excluding hydrogens is 526 g/mol. The van der Waals surface area contributed by atoms with Gasteiger partial charge < -0.3 is 15.1 Å². The number of aromatic nitrogens is 1. The zero-order valence-corrected chi connectivity index (χ0v) is 22.1. The Kier molecular flexibility index (Phi) is 7.43. The van der Waals surface area contributed by atoms with Crippen LogP contribution in [0.3, 0.4) is 0 Å². The molecule has 0 radical (unpaired) electrons. The molecule has 1 unspecified atom stereocenters. The quantitative estimate of drug-likeness (QED) is 0.463. The van der Waals surface area contributed by atoms with Gasteiger partial charge in [0.25, 0.3) is 10.0 Å². The van der Waals surface area contributed by atoms with Crippen molar-refractivity contribution >= 4 is 55.6 Å². The fourth-order valence-electron chi connectivity index (χ4n) is 4.76. The summed E-state index contributed by atoms with van der Waals surface area (Å²) in [5, 5.41) is 4.80. The average Bonchev–Trinajstić information content (AvgIpc) is 3.58. The predicted octanol–water partition coefficient (Wildman–Crippen LogP) is 3.17. The van der Waals surface area contributed by atoms with Crippen LogP contribution < -0.4 is 14.9 Å². The molecule has 2 N–H and O–H groups in total. The number of nitrogens with one attached hydrogen (secondary N) is 2. The van der Waals surface area contributed by atoms with Crippen molar-refractivity contribution in [2.24, 2.45) is 11.8 Å². The molecule has 2 saturated heterocycles. The largest absolute Gasteiger partial charge is 0.342 e. The van der Waals surface area contributed by atoms with E-state index in [1.165, 1.54) is 29.7 Å². The van der Waals surface area contributed by atoms with Crippen molar-refractivity contribution in [1.82, 2.24) is 9.88 Å². The van der Waals surface area contributed by atoms with Crippen molar-refractivity contribution < 1.29 is 22.8 Å². The zero-order chi connectivity index (χ0) is 26.7. The van der Waals surface area contributed by atoms with Gasteiger partial charge in [-0.25, -0.2) is 13.4 Å².